The van der Waals surface area contributed by atoms with Crippen LogP contribution in [-0.2, 0) is 9.59 Å². The van der Waals surface area contributed by atoms with Crippen LogP contribution in [0, 0.1) is 23.6 Å². The van der Waals surface area contributed by atoms with Crippen molar-refractivity contribution in [3.63, 3.8) is 0 Å². The van der Waals surface area contributed by atoms with Crippen molar-refractivity contribution in [2.45, 2.75) is 31.7 Å². The Morgan fingerprint density at radius 2 is 1.96 bits per heavy atom. The number of fused-ring (bicyclic) bond motifs is 2. The molecule has 7 heteroatoms. The van der Waals surface area contributed by atoms with E-state index in [4.69, 9.17) is 0 Å². The molecule has 1 N–H and O–H groups in total. The number of hydrogen-bond donors (Lipinski definition) is 1. The van der Waals surface area contributed by atoms with Crippen LogP contribution in [0.25, 0.3) is 0 Å². The van der Waals surface area contributed by atoms with Crippen molar-refractivity contribution < 1.29 is 18.8 Å². The lowest BCUT2D eigenvalue weighted by molar-refractivity contribution is -0.131. The molecule has 3 aliphatic rings. The van der Waals surface area contributed by atoms with Crippen LogP contribution in [0.4, 0.5) is 14.9 Å². The van der Waals surface area contributed by atoms with Crippen LogP contribution in [-0.4, -0.2) is 30.1 Å². The number of aliphatic imine (C=N–C) groups is 1. The number of urea groups is 1. The molecule has 2 bridgehead atoms. The number of rotatable bonds is 3. The van der Waals surface area contributed by atoms with Crippen molar-refractivity contribution in [3.8, 4) is 0 Å². The van der Waals surface area contributed by atoms with Gasteiger partial charge >= 0.3 is 6.03 Å². The van der Waals surface area contributed by atoms with Gasteiger partial charge in [0, 0.05) is 6.21 Å². The van der Waals surface area contributed by atoms with E-state index in [1.165, 1.54) is 30.8 Å². The van der Waals surface area contributed by atoms with Gasteiger partial charge in [0.2, 0.25) is 5.91 Å². The molecule has 6 nitrogen and oxygen atoms in total. The normalized spacial score (nSPS) is 31.9. The molecule has 130 valence electrons. The van der Waals surface area contributed by atoms with Crippen molar-refractivity contribution in [1.82, 2.24) is 5.32 Å². The summed E-state index contributed by atoms with van der Waals surface area (Å²) in [7, 11) is 0. The highest BCUT2D eigenvalue weighted by Gasteiger charge is 2.43. The number of carbonyl (C=O) groups is 3. The molecule has 1 aromatic rings. The molecule has 2 aliphatic carbocycles. The number of barbiturate groups is 1. The number of imide groups is 2. The van der Waals surface area contributed by atoms with Gasteiger partial charge in [0.05, 0.1) is 11.7 Å². The van der Waals surface area contributed by atoms with E-state index in [9.17, 15) is 18.8 Å². The molecular formula is C18H18FN3O3. The van der Waals surface area contributed by atoms with Crippen LogP contribution in [0.15, 0.2) is 29.3 Å². The first kappa shape index (κ1) is 15.9. The predicted octanol–water partition coefficient (Wildman–Crippen LogP) is 2.28. The molecule has 0 spiro atoms. The maximum absolute atomic E-state index is 14.0. The van der Waals surface area contributed by atoms with Crippen molar-refractivity contribution in [2.24, 2.45) is 22.7 Å². The Kier molecular flexibility index (Phi) is 3.86. The van der Waals surface area contributed by atoms with E-state index in [1.807, 2.05) is 0 Å². The summed E-state index contributed by atoms with van der Waals surface area (Å²) < 4.78 is 14.0. The van der Waals surface area contributed by atoms with E-state index in [-0.39, 0.29) is 11.7 Å². The summed E-state index contributed by atoms with van der Waals surface area (Å²) in [6.07, 6.45) is 5.85. The number of para-hydroxylation sites is 1. The third kappa shape index (κ3) is 2.73. The Balaban J connectivity index is 1.57. The molecule has 4 atom stereocenters. The van der Waals surface area contributed by atoms with Crippen molar-refractivity contribution in [1.29, 1.82) is 0 Å². The van der Waals surface area contributed by atoms with Crippen LogP contribution in [0.2, 0.25) is 0 Å². The average Bonchev–Trinajstić information content (AvgIpc) is 3.19. The van der Waals surface area contributed by atoms with E-state index in [2.05, 4.69) is 10.3 Å². The molecule has 4 rings (SSSR count). The van der Waals surface area contributed by atoms with Gasteiger partial charge in [-0.3, -0.25) is 19.9 Å². The van der Waals surface area contributed by atoms with Gasteiger partial charge in [0.15, 0.2) is 5.92 Å². The second-order valence-corrected chi connectivity index (χ2v) is 6.94. The molecule has 0 aromatic heterocycles. The Morgan fingerprint density at radius 3 is 2.64 bits per heavy atom. The number of nitrogens with one attached hydrogen (secondary N) is 1. The smallest absolute Gasteiger partial charge is 0.293 e. The Bertz CT molecular complexity index is 779. The molecule has 1 saturated heterocycles. The molecule has 4 amide bonds. The van der Waals surface area contributed by atoms with Crippen molar-refractivity contribution in [2.75, 3.05) is 4.90 Å². The lowest BCUT2D eigenvalue weighted by Gasteiger charge is -2.29. The van der Waals surface area contributed by atoms with Crippen molar-refractivity contribution >= 4 is 29.7 Å². The summed E-state index contributed by atoms with van der Waals surface area (Å²) in [6.45, 7) is 0. The summed E-state index contributed by atoms with van der Waals surface area (Å²) in [4.78, 5) is 41.9. The predicted molar refractivity (Wildman–Crippen MR) is 88.6 cm³/mol. The topological polar surface area (TPSA) is 78.8 Å². The number of halogens is 1. The fourth-order valence-corrected chi connectivity index (χ4v) is 4.17. The van der Waals surface area contributed by atoms with Crippen LogP contribution in [0.5, 0.6) is 0 Å². The van der Waals surface area contributed by atoms with E-state index >= 15 is 0 Å². The molecule has 1 aliphatic heterocycles. The zero-order valence-electron chi connectivity index (χ0n) is 13.5. The Morgan fingerprint density at radius 1 is 1.16 bits per heavy atom. The zero-order chi connectivity index (χ0) is 17.6. The molecule has 25 heavy (non-hydrogen) atoms. The highest BCUT2D eigenvalue weighted by molar-refractivity contribution is 6.32. The number of carbonyl (C=O) groups excluding carboxylic acids is 3. The summed E-state index contributed by atoms with van der Waals surface area (Å²) in [6, 6.07) is 4.67. The van der Waals surface area contributed by atoms with Crippen LogP contribution in [0.3, 0.4) is 0 Å². The quantitative estimate of drug-likeness (QED) is 0.675. The fraction of sp³-hybridized carbons (Fsp3) is 0.444. The summed E-state index contributed by atoms with van der Waals surface area (Å²) in [5.41, 5.74) is -0.171. The molecule has 1 aromatic carbocycles. The monoisotopic (exact) mass is 343 g/mol. The molecular weight excluding hydrogens is 325 g/mol. The van der Waals surface area contributed by atoms with Gasteiger partial charge < -0.3 is 0 Å². The van der Waals surface area contributed by atoms with E-state index in [0.29, 0.717) is 16.7 Å². The first-order chi connectivity index (χ1) is 12.0. The third-order valence-corrected chi connectivity index (χ3v) is 5.42. The molecule has 0 radical (unpaired) electrons. The highest BCUT2D eigenvalue weighted by atomic mass is 19.1. The first-order valence-corrected chi connectivity index (χ1v) is 8.51. The number of anilines is 1. The molecule has 3 fully saturated rings. The molecule has 1 heterocycles. The van der Waals surface area contributed by atoms with Crippen LogP contribution < -0.4 is 10.2 Å². The number of nitrogens with zero attached hydrogens (tertiary/aromatic N) is 2. The lowest BCUT2D eigenvalue weighted by atomic mass is 9.95. The number of benzene rings is 1. The van der Waals surface area contributed by atoms with Crippen molar-refractivity contribution in [3.05, 3.63) is 30.1 Å². The minimum absolute atomic E-state index is 0.138. The lowest BCUT2D eigenvalue weighted by Crippen LogP contribution is -2.59. The summed E-state index contributed by atoms with van der Waals surface area (Å²) in [5.74, 6) is -2.19. The maximum Gasteiger partial charge on any atom is 0.335 e. The van der Waals surface area contributed by atoms with Gasteiger partial charge in [-0.1, -0.05) is 18.6 Å². The minimum atomic E-state index is -1.21. The SMILES string of the molecule is O=C1NC(=O)N(c2ccccc2F)C(=O)[C@@H]1C=N[C@H]1C[C@H]2CC[C@H]1C2. The molecule has 2 saturated carbocycles. The number of amides is 4. The average molecular weight is 343 g/mol. The van der Waals surface area contributed by atoms with Gasteiger partial charge in [0.25, 0.3) is 5.91 Å². The van der Waals surface area contributed by atoms with Gasteiger partial charge in [-0.15, -0.1) is 0 Å². The van der Waals surface area contributed by atoms with Gasteiger partial charge in [-0.25, -0.2) is 14.1 Å². The zero-order valence-corrected chi connectivity index (χ0v) is 13.5. The first-order valence-electron chi connectivity index (χ1n) is 8.51. The van der Waals surface area contributed by atoms with Gasteiger partial charge in [0.1, 0.15) is 5.82 Å². The Hall–Kier alpha value is -2.57. The third-order valence-electron chi connectivity index (χ3n) is 5.42. The van der Waals surface area contributed by atoms with E-state index in [0.717, 1.165) is 25.3 Å². The Labute approximate surface area is 144 Å². The maximum atomic E-state index is 14.0. The number of hydrogen-bond acceptors (Lipinski definition) is 4. The minimum Gasteiger partial charge on any atom is -0.293 e. The molecule has 0 unspecified atom stereocenters. The second-order valence-electron chi connectivity index (χ2n) is 6.94. The summed E-state index contributed by atoms with van der Waals surface area (Å²) in [5, 5.41) is 2.11. The van der Waals surface area contributed by atoms with Crippen LogP contribution in [0.1, 0.15) is 25.7 Å². The highest BCUT2D eigenvalue weighted by Crippen LogP contribution is 2.45. The largest absolute Gasteiger partial charge is 0.335 e. The van der Waals surface area contributed by atoms with E-state index < -0.39 is 29.6 Å². The van der Waals surface area contributed by atoms with E-state index in [1.54, 1.807) is 0 Å². The van der Waals surface area contributed by atoms with Gasteiger partial charge in [-0.05, 0) is 43.2 Å². The summed E-state index contributed by atoms with van der Waals surface area (Å²) >= 11 is 0. The van der Waals surface area contributed by atoms with Crippen LogP contribution >= 0.6 is 0 Å². The second kappa shape index (κ2) is 6.06. The standard InChI is InChI=1S/C18H18FN3O3/c19-13-3-1-2-4-15(13)22-17(24)12(16(23)21-18(22)25)9-20-14-8-10-5-6-11(14)7-10/h1-4,9-12,14H,5-8H2,(H,21,23,25)/t10-,11-,12+,14-/m0/s1. The van der Waals surface area contributed by atoms with Gasteiger partial charge in [-0.2, -0.15) is 0 Å². The fourth-order valence-electron chi connectivity index (χ4n) is 4.17.